The molecular weight excluding hydrogens is 222 g/mol. The normalized spacial score (nSPS) is 10.7. The van der Waals surface area contributed by atoms with Crippen LogP contribution in [0.5, 0.6) is 11.5 Å². The Labute approximate surface area is 100 Å². The quantitative estimate of drug-likeness (QED) is 0.755. The van der Waals surface area contributed by atoms with Crippen LogP contribution < -0.4 is 9.47 Å². The van der Waals surface area contributed by atoms with E-state index in [0.29, 0.717) is 11.5 Å². The van der Waals surface area contributed by atoms with Crippen molar-refractivity contribution in [1.82, 2.24) is 0 Å². The topological polar surface area (TPSA) is 42.2 Å². The van der Waals surface area contributed by atoms with Crippen molar-refractivity contribution in [2.24, 2.45) is 0 Å². The third-order valence-electron chi connectivity index (χ3n) is 2.00. The minimum Gasteiger partial charge on any atom is -0.493 e. The Hall–Kier alpha value is -1.34. The Kier molecular flexibility index (Phi) is 4.08. The number of rotatable bonds is 4. The second-order valence-corrected chi connectivity index (χ2v) is 5.44. The van der Waals surface area contributed by atoms with Crippen molar-refractivity contribution in [3.8, 4) is 17.6 Å². The molecule has 16 heavy (non-hydrogen) atoms. The van der Waals surface area contributed by atoms with Gasteiger partial charge in [-0.1, -0.05) is 0 Å². The van der Waals surface area contributed by atoms with E-state index in [-0.39, 0.29) is 0 Å². The first-order chi connectivity index (χ1) is 7.52. The van der Waals surface area contributed by atoms with Crippen molar-refractivity contribution in [2.45, 2.75) is 23.5 Å². The molecule has 1 aromatic carbocycles. The fourth-order valence-corrected chi connectivity index (χ4v) is 2.13. The van der Waals surface area contributed by atoms with Crippen molar-refractivity contribution >= 4 is 11.8 Å². The number of benzene rings is 1. The molecule has 0 unspecified atom stereocenters. The maximum Gasteiger partial charge on any atom is 0.161 e. The highest BCUT2D eigenvalue weighted by Gasteiger charge is 2.19. The molecule has 0 fully saturated rings. The lowest BCUT2D eigenvalue weighted by Gasteiger charge is -2.15. The van der Waals surface area contributed by atoms with Crippen LogP contribution in [0.15, 0.2) is 23.1 Å². The lowest BCUT2D eigenvalue weighted by molar-refractivity contribution is 0.354. The minimum atomic E-state index is -0.445. The van der Waals surface area contributed by atoms with Gasteiger partial charge in [0.15, 0.2) is 11.5 Å². The van der Waals surface area contributed by atoms with E-state index in [2.05, 4.69) is 6.07 Å². The van der Waals surface area contributed by atoms with E-state index < -0.39 is 4.75 Å². The molecule has 0 heterocycles. The molecule has 0 bridgehead atoms. The molecule has 0 saturated carbocycles. The molecule has 0 spiro atoms. The van der Waals surface area contributed by atoms with Crippen molar-refractivity contribution in [3.05, 3.63) is 18.2 Å². The van der Waals surface area contributed by atoms with E-state index in [1.807, 2.05) is 32.0 Å². The van der Waals surface area contributed by atoms with Crippen LogP contribution in [-0.2, 0) is 0 Å². The Balaban J connectivity index is 2.97. The number of methoxy groups -OCH3 is 2. The van der Waals surface area contributed by atoms with Crippen LogP contribution in [0.2, 0.25) is 0 Å². The standard InChI is InChI=1S/C12H15NO2S/c1-12(2,8-13)16-9-5-6-10(14-3)11(7-9)15-4/h5-7H,1-4H3. The Bertz CT molecular complexity index is 410. The molecule has 0 atom stereocenters. The van der Waals surface area contributed by atoms with Gasteiger partial charge < -0.3 is 9.47 Å². The first kappa shape index (κ1) is 12.7. The largest absolute Gasteiger partial charge is 0.493 e. The van der Waals surface area contributed by atoms with Crippen LogP contribution in [0.25, 0.3) is 0 Å². The number of hydrogen-bond donors (Lipinski definition) is 0. The van der Waals surface area contributed by atoms with E-state index in [1.54, 1.807) is 14.2 Å². The summed E-state index contributed by atoms with van der Waals surface area (Å²) in [4.78, 5) is 0.990. The number of ether oxygens (including phenoxy) is 2. The van der Waals surface area contributed by atoms with Gasteiger partial charge in [-0.05, 0) is 32.0 Å². The molecule has 0 radical (unpaired) electrons. The number of nitriles is 1. The van der Waals surface area contributed by atoms with Crippen LogP contribution in [0.1, 0.15) is 13.8 Å². The Morgan fingerprint density at radius 1 is 1.19 bits per heavy atom. The third kappa shape index (κ3) is 3.07. The average molecular weight is 237 g/mol. The second-order valence-electron chi connectivity index (χ2n) is 3.74. The molecule has 1 aromatic rings. The summed E-state index contributed by atoms with van der Waals surface area (Å²) in [5.74, 6) is 1.38. The summed E-state index contributed by atoms with van der Waals surface area (Å²) < 4.78 is 9.91. The number of hydrogen-bond acceptors (Lipinski definition) is 4. The van der Waals surface area contributed by atoms with Gasteiger partial charge in [-0.15, -0.1) is 11.8 Å². The summed E-state index contributed by atoms with van der Waals surface area (Å²) in [5, 5.41) is 8.96. The molecule has 0 aliphatic rings. The van der Waals surface area contributed by atoms with Gasteiger partial charge in [-0.3, -0.25) is 0 Å². The van der Waals surface area contributed by atoms with E-state index in [9.17, 15) is 0 Å². The average Bonchev–Trinajstić information content (AvgIpc) is 2.28. The second kappa shape index (κ2) is 5.13. The van der Waals surface area contributed by atoms with Gasteiger partial charge in [0.2, 0.25) is 0 Å². The van der Waals surface area contributed by atoms with Gasteiger partial charge in [-0.25, -0.2) is 0 Å². The summed E-state index contributed by atoms with van der Waals surface area (Å²) in [7, 11) is 3.20. The molecule has 0 aliphatic heterocycles. The van der Waals surface area contributed by atoms with Crippen LogP contribution >= 0.6 is 11.8 Å². The van der Waals surface area contributed by atoms with Gasteiger partial charge in [0, 0.05) is 4.90 Å². The van der Waals surface area contributed by atoms with Gasteiger partial charge in [0.05, 0.1) is 20.3 Å². The Morgan fingerprint density at radius 2 is 1.81 bits per heavy atom. The summed E-state index contributed by atoms with van der Waals surface area (Å²) in [6.07, 6.45) is 0. The Morgan fingerprint density at radius 3 is 2.31 bits per heavy atom. The summed E-state index contributed by atoms with van der Waals surface area (Å²) in [6.45, 7) is 3.77. The first-order valence-electron chi connectivity index (χ1n) is 4.84. The number of thioether (sulfide) groups is 1. The zero-order valence-electron chi connectivity index (χ0n) is 9.90. The van der Waals surface area contributed by atoms with E-state index >= 15 is 0 Å². The van der Waals surface area contributed by atoms with Gasteiger partial charge in [-0.2, -0.15) is 5.26 Å². The van der Waals surface area contributed by atoms with Crippen LogP contribution in [-0.4, -0.2) is 19.0 Å². The van der Waals surface area contributed by atoms with E-state index in [1.165, 1.54) is 11.8 Å². The van der Waals surface area contributed by atoms with E-state index in [0.717, 1.165) is 4.90 Å². The minimum absolute atomic E-state index is 0.445. The molecule has 0 aliphatic carbocycles. The highest BCUT2D eigenvalue weighted by molar-refractivity contribution is 8.00. The van der Waals surface area contributed by atoms with Gasteiger partial charge >= 0.3 is 0 Å². The number of nitrogens with zero attached hydrogens (tertiary/aromatic N) is 1. The van der Waals surface area contributed by atoms with Crippen LogP contribution in [0, 0.1) is 11.3 Å². The molecule has 0 N–H and O–H groups in total. The first-order valence-corrected chi connectivity index (χ1v) is 5.66. The predicted octanol–water partition coefficient (Wildman–Crippen LogP) is 3.10. The summed E-state index contributed by atoms with van der Waals surface area (Å²) in [6, 6.07) is 7.89. The van der Waals surface area contributed by atoms with Crippen LogP contribution in [0.3, 0.4) is 0 Å². The van der Waals surface area contributed by atoms with E-state index in [4.69, 9.17) is 14.7 Å². The predicted molar refractivity (Wildman–Crippen MR) is 65.1 cm³/mol. The zero-order chi connectivity index (χ0) is 12.2. The molecule has 0 saturated heterocycles. The molecule has 1 rings (SSSR count). The summed E-state index contributed by atoms with van der Waals surface area (Å²) >= 11 is 1.50. The smallest absolute Gasteiger partial charge is 0.161 e. The third-order valence-corrected chi connectivity index (χ3v) is 3.09. The summed E-state index contributed by atoms with van der Waals surface area (Å²) in [5.41, 5.74) is 0. The van der Waals surface area contributed by atoms with Crippen LogP contribution in [0.4, 0.5) is 0 Å². The lowest BCUT2D eigenvalue weighted by Crippen LogP contribution is -2.09. The highest BCUT2D eigenvalue weighted by atomic mass is 32.2. The molecule has 0 amide bonds. The molecular formula is C12H15NO2S. The lowest BCUT2D eigenvalue weighted by atomic mass is 10.2. The fraction of sp³-hybridized carbons (Fsp3) is 0.417. The van der Waals surface area contributed by atoms with Crippen molar-refractivity contribution in [2.75, 3.05) is 14.2 Å². The van der Waals surface area contributed by atoms with Gasteiger partial charge in [0.1, 0.15) is 4.75 Å². The molecule has 0 aromatic heterocycles. The highest BCUT2D eigenvalue weighted by Crippen LogP contribution is 2.37. The maximum atomic E-state index is 8.96. The monoisotopic (exact) mass is 237 g/mol. The zero-order valence-corrected chi connectivity index (χ0v) is 10.7. The SMILES string of the molecule is COc1ccc(SC(C)(C)C#N)cc1OC. The maximum absolute atomic E-state index is 8.96. The van der Waals surface area contributed by atoms with Crippen molar-refractivity contribution in [1.29, 1.82) is 5.26 Å². The van der Waals surface area contributed by atoms with Crippen molar-refractivity contribution < 1.29 is 9.47 Å². The molecule has 3 nitrogen and oxygen atoms in total. The van der Waals surface area contributed by atoms with Crippen molar-refractivity contribution in [3.63, 3.8) is 0 Å². The fourth-order valence-electron chi connectivity index (χ4n) is 1.20. The molecule has 86 valence electrons. The van der Waals surface area contributed by atoms with Gasteiger partial charge in [0.25, 0.3) is 0 Å². The molecule has 4 heteroatoms.